The number of benzene rings is 2. The number of aryl methyl sites for hydroxylation is 1. The van der Waals surface area contributed by atoms with Gasteiger partial charge in [0.1, 0.15) is 5.75 Å². The van der Waals surface area contributed by atoms with E-state index in [1.165, 1.54) is 23.5 Å². The first-order valence-electron chi connectivity index (χ1n) is 8.95. The highest BCUT2D eigenvalue weighted by Gasteiger charge is 2.31. The highest BCUT2D eigenvalue weighted by molar-refractivity contribution is 7.15. The van der Waals surface area contributed by atoms with Crippen LogP contribution in [0.15, 0.2) is 60.1 Å². The maximum absolute atomic E-state index is 12.4. The largest absolute Gasteiger partial charge is 0.573 e. The van der Waals surface area contributed by atoms with E-state index in [0.717, 1.165) is 39.6 Å². The Balaban J connectivity index is 1.45. The number of thiazole rings is 1. The average molecular weight is 431 g/mol. The topological polar surface area (TPSA) is 55.6 Å². The van der Waals surface area contributed by atoms with Gasteiger partial charge in [-0.3, -0.25) is 9.20 Å². The zero-order valence-electron chi connectivity index (χ0n) is 15.7. The van der Waals surface area contributed by atoms with Crippen molar-refractivity contribution in [1.29, 1.82) is 0 Å². The molecule has 1 N–H and O–H groups in total. The van der Waals surface area contributed by atoms with Gasteiger partial charge in [0.2, 0.25) is 5.91 Å². The van der Waals surface area contributed by atoms with E-state index in [2.05, 4.69) is 15.0 Å². The van der Waals surface area contributed by atoms with Crippen LogP contribution >= 0.6 is 11.3 Å². The molecule has 2 aromatic heterocycles. The second-order valence-corrected chi connectivity index (χ2v) is 7.51. The van der Waals surface area contributed by atoms with Gasteiger partial charge in [-0.15, -0.1) is 24.5 Å². The molecule has 0 spiro atoms. The lowest BCUT2D eigenvalue weighted by Gasteiger charge is -2.10. The van der Waals surface area contributed by atoms with Crippen molar-refractivity contribution in [1.82, 2.24) is 9.38 Å². The molecule has 1 amide bonds. The van der Waals surface area contributed by atoms with Gasteiger partial charge in [-0.2, -0.15) is 0 Å². The molecule has 2 aromatic carbocycles. The van der Waals surface area contributed by atoms with Crippen molar-refractivity contribution in [2.24, 2.45) is 0 Å². The summed E-state index contributed by atoms with van der Waals surface area (Å²) in [6.45, 7) is 2.02. The Hall–Kier alpha value is -3.33. The fraction of sp³-hybridized carbons (Fsp3) is 0.143. The predicted molar refractivity (Wildman–Crippen MR) is 109 cm³/mol. The summed E-state index contributed by atoms with van der Waals surface area (Å²) in [5, 5.41) is 4.54. The van der Waals surface area contributed by atoms with E-state index in [-0.39, 0.29) is 18.1 Å². The van der Waals surface area contributed by atoms with Crippen molar-refractivity contribution < 1.29 is 22.7 Å². The van der Waals surface area contributed by atoms with Crippen molar-refractivity contribution in [2.45, 2.75) is 19.7 Å². The SMILES string of the molecule is Cc1ccc(-c2cn3c(CC(=O)Nc4ccc(OC(F)(F)F)cc4)csc3n2)cc1. The monoisotopic (exact) mass is 431 g/mol. The van der Waals surface area contributed by atoms with Crippen molar-refractivity contribution in [2.75, 3.05) is 5.32 Å². The number of hydrogen-bond donors (Lipinski definition) is 1. The molecular formula is C21H16F3N3O2S. The zero-order chi connectivity index (χ0) is 21.3. The molecule has 0 aliphatic carbocycles. The van der Waals surface area contributed by atoms with Crippen LogP contribution < -0.4 is 10.1 Å². The van der Waals surface area contributed by atoms with Crippen LogP contribution in [0.25, 0.3) is 16.2 Å². The number of aromatic nitrogens is 2. The van der Waals surface area contributed by atoms with E-state index in [0.29, 0.717) is 5.69 Å². The maximum atomic E-state index is 12.4. The van der Waals surface area contributed by atoms with Crippen molar-refractivity contribution in [3.05, 3.63) is 71.4 Å². The standard InChI is InChI=1S/C21H16F3N3O2S/c1-13-2-4-14(5-3-13)18-11-27-16(12-30-20(27)26-18)10-19(28)25-15-6-8-17(9-7-15)29-21(22,23)24/h2-9,11-12H,10H2,1H3,(H,25,28). The minimum atomic E-state index is -4.75. The molecule has 0 unspecified atom stereocenters. The zero-order valence-corrected chi connectivity index (χ0v) is 16.6. The number of amides is 1. The van der Waals surface area contributed by atoms with Crippen molar-refractivity contribution in [3.63, 3.8) is 0 Å². The molecule has 0 radical (unpaired) electrons. The molecule has 0 saturated carbocycles. The molecule has 2 heterocycles. The van der Waals surface area contributed by atoms with E-state index in [9.17, 15) is 18.0 Å². The first-order valence-corrected chi connectivity index (χ1v) is 9.83. The van der Waals surface area contributed by atoms with Crippen LogP contribution in [-0.4, -0.2) is 21.7 Å². The molecule has 9 heteroatoms. The Morgan fingerprint density at radius 1 is 1.13 bits per heavy atom. The van der Waals surface area contributed by atoms with Gasteiger partial charge in [0.15, 0.2) is 4.96 Å². The van der Waals surface area contributed by atoms with Crippen LogP contribution in [-0.2, 0) is 11.2 Å². The first kappa shape index (κ1) is 20.0. The van der Waals surface area contributed by atoms with Crippen LogP contribution in [0.1, 0.15) is 11.3 Å². The molecule has 4 rings (SSSR count). The number of hydrogen-bond acceptors (Lipinski definition) is 4. The summed E-state index contributed by atoms with van der Waals surface area (Å²) < 4.78 is 42.4. The third kappa shape index (κ3) is 4.62. The molecule has 0 atom stereocenters. The second kappa shape index (κ2) is 7.83. The van der Waals surface area contributed by atoms with Crippen LogP contribution in [0, 0.1) is 6.92 Å². The van der Waals surface area contributed by atoms with Gasteiger partial charge in [-0.1, -0.05) is 29.8 Å². The van der Waals surface area contributed by atoms with E-state index in [1.54, 1.807) is 0 Å². The highest BCUT2D eigenvalue weighted by Crippen LogP contribution is 2.26. The van der Waals surface area contributed by atoms with Crippen LogP contribution in [0.5, 0.6) is 5.75 Å². The smallest absolute Gasteiger partial charge is 0.406 e. The number of nitrogens with one attached hydrogen (secondary N) is 1. The third-order valence-electron chi connectivity index (χ3n) is 4.34. The Labute approximate surface area is 173 Å². The number of fused-ring (bicyclic) bond motifs is 1. The second-order valence-electron chi connectivity index (χ2n) is 6.67. The molecule has 0 saturated heterocycles. The summed E-state index contributed by atoms with van der Waals surface area (Å²) in [6.07, 6.45) is -2.76. The maximum Gasteiger partial charge on any atom is 0.573 e. The van der Waals surface area contributed by atoms with E-state index in [4.69, 9.17) is 0 Å². The average Bonchev–Trinajstić information content (AvgIpc) is 3.25. The third-order valence-corrected chi connectivity index (χ3v) is 5.23. The quantitative estimate of drug-likeness (QED) is 0.457. The van der Waals surface area contributed by atoms with Gasteiger partial charge in [0, 0.05) is 28.5 Å². The van der Waals surface area contributed by atoms with Gasteiger partial charge in [0.05, 0.1) is 12.1 Å². The lowest BCUT2D eigenvalue weighted by atomic mass is 10.1. The number of anilines is 1. The van der Waals surface area contributed by atoms with Gasteiger partial charge >= 0.3 is 6.36 Å². The summed E-state index contributed by atoms with van der Waals surface area (Å²) in [7, 11) is 0. The van der Waals surface area contributed by atoms with Crippen molar-refractivity contribution in [3.8, 4) is 17.0 Å². The van der Waals surface area contributed by atoms with Gasteiger partial charge < -0.3 is 10.1 Å². The van der Waals surface area contributed by atoms with Crippen LogP contribution in [0.2, 0.25) is 0 Å². The highest BCUT2D eigenvalue weighted by atomic mass is 32.1. The summed E-state index contributed by atoms with van der Waals surface area (Å²) in [4.78, 5) is 17.8. The first-order chi connectivity index (χ1) is 14.3. The van der Waals surface area contributed by atoms with Gasteiger partial charge in [-0.05, 0) is 31.2 Å². The van der Waals surface area contributed by atoms with Gasteiger partial charge in [-0.25, -0.2) is 4.98 Å². The number of halogens is 3. The summed E-state index contributed by atoms with van der Waals surface area (Å²) in [5.74, 6) is -0.633. The molecule has 0 fully saturated rings. The van der Waals surface area contributed by atoms with E-state index in [1.807, 2.05) is 47.2 Å². The summed E-state index contributed by atoms with van der Waals surface area (Å²) in [5.41, 5.74) is 4.13. The molecule has 5 nitrogen and oxygen atoms in total. The Morgan fingerprint density at radius 3 is 2.50 bits per heavy atom. The number of imidazole rings is 1. The minimum Gasteiger partial charge on any atom is -0.406 e. The molecule has 0 bridgehead atoms. The minimum absolute atomic E-state index is 0.102. The number of alkyl halides is 3. The number of nitrogens with zero attached hydrogens (tertiary/aromatic N) is 2. The molecule has 0 aliphatic rings. The van der Waals surface area contributed by atoms with Crippen LogP contribution in [0.4, 0.5) is 18.9 Å². The lowest BCUT2D eigenvalue weighted by Crippen LogP contribution is -2.17. The van der Waals surface area contributed by atoms with Crippen LogP contribution in [0.3, 0.4) is 0 Å². The number of rotatable bonds is 5. The fourth-order valence-electron chi connectivity index (χ4n) is 2.93. The van der Waals surface area contributed by atoms with E-state index >= 15 is 0 Å². The Bertz CT molecular complexity index is 1180. The normalized spacial score (nSPS) is 11.6. The number of carbonyl (C=O) groups excluding carboxylic acids is 1. The fourth-order valence-corrected chi connectivity index (χ4v) is 3.80. The number of ether oxygens (including phenoxy) is 1. The number of carbonyl (C=O) groups is 1. The lowest BCUT2D eigenvalue weighted by molar-refractivity contribution is -0.274. The summed E-state index contributed by atoms with van der Waals surface area (Å²) >= 11 is 1.44. The Kier molecular flexibility index (Phi) is 5.21. The Morgan fingerprint density at radius 2 is 1.83 bits per heavy atom. The van der Waals surface area contributed by atoms with Gasteiger partial charge in [0.25, 0.3) is 0 Å². The van der Waals surface area contributed by atoms with E-state index < -0.39 is 6.36 Å². The molecule has 154 valence electrons. The van der Waals surface area contributed by atoms with Crippen molar-refractivity contribution >= 4 is 27.9 Å². The predicted octanol–water partition coefficient (Wildman–Crippen LogP) is 5.45. The molecule has 0 aliphatic heterocycles. The molecule has 30 heavy (non-hydrogen) atoms. The molecular weight excluding hydrogens is 415 g/mol. The summed E-state index contributed by atoms with van der Waals surface area (Å²) in [6, 6.07) is 13.0. The molecule has 4 aromatic rings.